The van der Waals surface area contributed by atoms with Gasteiger partial charge in [-0.1, -0.05) is 12.8 Å². The third kappa shape index (κ3) is 3.25. The van der Waals surface area contributed by atoms with Gasteiger partial charge in [0.05, 0.1) is 0 Å². The molecule has 0 spiro atoms. The van der Waals surface area contributed by atoms with Gasteiger partial charge >= 0.3 is 0 Å². The first kappa shape index (κ1) is 15.1. The second-order valence-electron chi connectivity index (χ2n) is 6.31. The first-order valence-corrected chi connectivity index (χ1v) is 7.87. The normalized spacial score (nSPS) is 29.5. The van der Waals surface area contributed by atoms with Crippen LogP contribution in [-0.2, 0) is 4.79 Å². The van der Waals surface area contributed by atoms with E-state index in [2.05, 4.69) is 10.2 Å². The average molecular weight is 287 g/mol. The van der Waals surface area contributed by atoms with Gasteiger partial charge in [-0.05, 0) is 57.5 Å². The van der Waals surface area contributed by atoms with E-state index in [1.54, 1.807) is 0 Å². The molecule has 1 atom stereocenters. The van der Waals surface area contributed by atoms with E-state index < -0.39 is 0 Å². The quantitative estimate of drug-likeness (QED) is 0.846. The molecule has 1 unspecified atom stereocenters. The van der Waals surface area contributed by atoms with Crippen molar-refractivity contribution in [2.75, 3.05) is 19.6 Å². The Kier molecular flexibility index (Phi) is 5.52. The number of carbonyl (C=O) groups is 1. The van der Waals surface area contributed by atoms with Crippen molar-refractivity contribution < 1.29 is 4.79 Å². The lowest BCUT2D eigenvalue weighted by atomic mass is 9.92. The van der Waals surface area contributed by atoms with Gasteiger partial charge in [0, 0.05) is 18.5 Å². The molecule has 3 aliphatic rings. The molecule has 0 radical (unpaired) electrons. The SMILES string of the molecule is Cl.O=C(C1CCNCC1)N1CCCC1C1CCCC1. The Balaban J connectivity index is 0.00000133. The zero-order valence-electron chi connectivity index (χ0n) is 11.8. The largest absolute Gasteiger partial charge is 0.339 e. The zero-order valence-corrected chi connectivity index (χ0v) is 12.6. The number of halogens is 1. The fourth-order valence-electron chi connectivity index (χ4n) is 4.20. The predicted molar refractivity (Wildman–Crippen MR) is 79.5 cm³/mol. The number of piperidine rings is 1. The number of nitrogens with one attached hydrogen (secondary N) is 1. The van der Waals surface area contributed by atoms with Crippen LogP contribution in [0.3, 0.4) is 0 Å². The maximum atomic E-state index is 12.7. The van der Waals surface area contributed by atoms with Crippen molar-refractivity contribution in [3.63, 3.8) is 0 Å². The molecule has 2 heterocycles. The fourth-order valence-corrected chi connectivity index (χ4v) is 4.20. The van der Waals surface area contributed by atoms with Gasteiger partial charge in [0.15, 0.2) is 0 Å². The molecule has 0 aromatic carbocycles. The summed E-state index contributed by atoms with van der Waals surface area (Å²) in [6.45, 7) is 3.08. The molecule has 1 saturated carbocycles. The molecule has 3 nitrogen and oxygen atoms in total. The van der Waals surface area contributed by atoms with E-state index in [0.717, 1.165) is 38.4 Å². The van der Waals surface area contributed by atoms with E-state index in [9.17, 15) is 4.79 Å². The highest BCUT2D eigenvalue weighted by Crippen LogP contribution is 2.36. The van der Waals surface area contributed by atoms with Crippen LogP contribution in [0.1, 0.15) is 51.4 Å². The highest BCUT2D eigenvalue weighted by Gasteiger charge is 2.38. The molecular formula is C15H27ClN2O. The number of amides is 1. The number of carbonyl (C=O) groups excluding carboxylic acids is 1. The molecule has 2 aliphatic heterocycles. The van der Waals surface area contributed by atoms with Crippen LogP contribution in [0, 0.1) is 11.8 Å². The summed E-state index contributed by atoms with van der Waals surface area (Å²) >= 11 is 0. The van der Waals surface area contributed by atoms with Crippen molar-refractivity contribution >= 4 is 18.3 Å². The zero-order chi connectivity index (χ0) is 12.4. The molecule has 1 amide bonds. The average Bonchev–Trinajstić information content (AvgIpc) is 3.09. The van der Waals surface area contributed by atoms with Crippen LogP contribution in [-0.4, -0.2) is 36.5 Å². The van der Waals surface area contributed by atoms with Crippen LogP contribution in [0.15, 0.2) is 0 Å². The van der Waals surface area contributed by atoms with Gasteiger partial charge in [-0.3, -0.25) is 4.79 Å². The Bertz CT molecular complexity index is 299. The summed E-state index contributed by atoms with van der Waals surface area (Å²) in [6, 6.07) is 0.592. The Hall–Kier alpha value is -0.280. The Labute approximate surface area is 122 Å². The molecule has 0 aromatic heterocycles. The van der Waals surface area contributed by atoms with Crippen LogP contribution in [0.2, 0.25) is 0 Å². The molecule has 1 aliphatic carbocycles. The van der Waals surface area contributed by atoms with E-state index in [-0.39, 0.29) is 12.4 Å². The second-order valence-corrected chi connectivity index (χ2v) is 6.31. The van der Waals surface area contributed by atoms with Gasteiger partial charge in [-0.2, -0.15) is 0 Å². The minimum atomic E-state index is 0. The first-order valence-electron chi connectivity index (χ1n) is 7.87. The van der Waals surface area contributed by atoms with Crippen molar-refractivity contribution in [3.8, 4) is 0 Å². The molecule has 0 bridgehead atoms. The van der Waals surface area contributed by atoms with E-state index in [1.807, 2.05) is 0 Å². The van der Waals surface area contributed by atoms with Crippen molar-refractivity contribution in [1.82, 2.24) is 10.2 Å². The number of likely N-dealkylation sites (tertiary alicyclic amines) is 1. The molecule has 110 valence electrons. The third-order valence-corrected chi connectivity index (χ3v) is 5.21. The summed E-state index contributed by atoms with van der Waals surface area (Å²) in [5.74, 6) is 1.61. The summed E-state index contributed by atoms with van der Waals surface area (Å²) in [7, 11) is 0. The summed E-state index contributed by atoms with van der Waals surface area (Å²) in [5, 5.41) is 3.36. The minimum absolute atomic E-state index is 0. The number of nitrogens with zero attached hydrogens (tertiary/aromatic N) is 1. The smallest absolute Gasteiger partial charge is 0.226 e. The van der Waals surface area contributed by atoms with Crippen LogP contribution in [0.4, 0.5) is 0 Å². The predicted octanol–water partition coefficient (Wildman–Crippen LogP) is 2.59. The summed E-state index contributed by atoms with van der Waals surface area (Å²) < 4.78 is 0. The number of hydrogen-bond acceptors (Lipinski definition) is 2. The summed E-state index contributed by atoms with van der Waals surface area (Å²) in [5.41, 5.74) is 0. The van der Waals surface area contributed by atoms with Crippen molar-refractivity contribution in [2.24, 2.45) is 11.8 Å². The van der Waals surface area contributed by atoms with Crippen LogP contribution in [0.25, 0.3) is 0 Å². The lowest BCUT2D eigenvalue weighted by Crippen LogP contribution is -2.45. The molecule has 1 N–H and O–H groups in total. The number of hydrogen-bond donors (Lipinski definition) is 1. The molecule has 3 fully saturated rings. The number of rotatable bonds is 2. The van der Waals surface area contributed by atoms with Gasteiger partial charge in [0.25, 0.3) is 0 Å². The van der Waals surface area contributed by atoms with E-state index >= 15 is 0 Å². The van der Waals surface area contributed by atoms with Crippen molar-refractivity contribution in [3.05, 3.63) is 0 Å². The highest BCUT2D eigenvalue weighted by molar-refractivity contribution is 5.85. The lowest BCUT2D eigenvalue weighted by molar-refractivity contribution is -0.138. The second kappa shape index (κ2) is 6.94. The van der Waals surface area contributed by atoms with Gasteiger partial charge < -0.3 is 10.2 Å². The standard InChI is InChI=1S/C15H26N2O.ClH/c18-15(13-7-9-16-10-8-13)17-11-3-6-14(17)12-4-1-2-5-12;/h12-14,16H,1-11H2;1H. The van der Waals surface area contributed by atoms with Crippen LogP contribution >= 0.6 is 12.4 Å². The minimum Gasteiger partial charge on any atom is -0.339 e. The van der Waals surface area contributed by atoms with Gasteiger partial charge in [0.1, 0.15) is 0 Å². The van der Waals surface area contributed by atoms with Gasteiger partial charge in [-0.15, -0.1) is 12.4 Å². The van der Waals surface area contributed by atoms with Crippen LogP contribution < -0.4 is 5.32 Å². The van der Waals surface area contributed by atoms with E-state index in [0.29, 0.717) is 17.9 Å². The summed E-state index contributed by atoms with van der Waals surface area (Å²) in [4.78, 5) is 14.9. The van der Waals surface area contributed by atoms with Crippen molar-refractivity contribution in [1.29, 1.82) is 0 Å². The lowest BCUT2D eigenvalue weighted by Gasteiger charge is -2.33. The fraction of sp³-hybridized carbons (Fsp3) is 0.933. The monoisotopic (exact) mass is 286 g/mol. The molecule has 4 heteroatoms. The Morgan fingerprint density at radius 3 is 2.32 bits per heavy atom. The maximum absolute atomic E-state index is 12.7. The molecule has 19 heavy (non-hydrogen) atoms. The third-order valence-electron chi connectivity index (χ3n) is 5.21. The molecular weight excluding hydrogens is 260 g/mol. The first-order chi connectivity index (χ1) is 8.86. The maximum Gasteiger partial charge on any atom is 0.226 e. The molecule has 0 aromatic rings. The topological polar surface area (TPSA) is 32.3 Å². The van der Waals surface area contributed by atoms with E-state index in [4.69, 9.17) is 0 Å². The van der Waals surface area contributed by atoms with Crippen LogP contribution in [0.5, 0.6) is 0 Å². The molecule has 2 saturated heterocycles. The van der Waals surface area contributed by atoms with Crippen molar-refractivity contribution in [2.45, 2.75) is 57.4 Å². The Morgan fingerprint density at radius 2 is 1.63 bits per heavy atom. The van der Waals surface area contributed by atoms with Gasteiger partial charge in [-0.25, -0.2) is 0 Å². The summed E-state index contributed by atoms with van der Waals surface area (Å²) in [6.07, 6.45) is 10.1. The Morgan fingerprint density at radius 1 is 0.947 bits per heavy atom. The molecule has 3 rings (SSSR count). The van der Waals surface area contributed by atoms with E-state index in [1.165, 1.54) is 38.5 Å². The highest BCUT2D eigenvalue weighted by atomic mass is 35.5. The van der Waals surface area contributed by atoms with Gasteiger partial charge in [0.2, 0.25) is 5.91 Å².